The number of para-hydroxylation sites is 1. The summed E-state index contributed by atoms with van der Waals surface area (Å²) in [4.78, 5) is 22.5. The van der Waals surface area contributed by atoms with Crippen molar-refractivity contribution in [1.82, 2.24) is 20.2 Å². The highest BCUT2D eigenvalue weighted by Crippen LogP contribution is 2.25. The van der Waals surface area contributed by atoms with Crippen LogP contribution in [0.25, 0.3) is 22.1 Å². The Bertz CT molecular complexity index is 1200. The standard InChI is InChI=1S/C22H24N6OS/c1-4-28(5-2)15-10-11-17(14(3)12-15)23-19(29)13-30-22-25-21-20(26-27-22)16-8-6-7-9-18(16)24-21/h6-12H,4-5,13H2,1-3H3,(H,23,29)(H,24,25,27). The van der Waals surface area contributed by atoms with Gasteiger partial charge in [0.25, 0.3) is 0 Å². The molecule has 0 saturated heterocycles. The van der Waals surface area contributed by atoms with Gasteiger partial charge in [-0.25, -0.2) is 4.98 Å². The lowest BCUT2D eigenvalue weighted by atomic mass is 10.1. The Morgan fingerprint density at radius 1 is 1.13 bits per heavy atom. The molecule has 0 aliphatic rings. The molecule has 7 nitrogen and oxygen atoms in total. The van der Waals surface area contributed by atoms with E-state index in [0.717, 1.165) is 46.4 Å². The lowest BCUT2D eigenvalue weighted by Gasteiger charge is -2.22. The van der Waals surface area contributed by atoms with E-state index in [1.807, 2.05) is 43.3 Å². The molecule has 2 N–H and O–H groups in total. The Balaban J connectivity index is 1.41. The number of carbonyl (C=O) groups is 1. The van der Waals surface area contributed by atoms with Crippen molar-refractivity contribution in [3.63, 3.8) is 0 Å². The topological polar surface area (TPSA) is 86.8 Å². The molecule has 0 saturated carbocycles. The molecular weight excluding hydrogens is 396 g/mol. The molecule has 2 aromatic heterocycles. The van der Waals surface area contributed by atoms with Crippen LogP contribution in [0.15, 0.2) is 47.6 Å². The molecule has 0 bridgehead atoms. The zero-order valence-electron chi connectivity index (χ0n) is 17.3. The predicted octanol–water partition coefficient (Wildman–Crippen LogP) is 4.39. The van der Waals surface area contributed by atoms with Crippen molar-refractivity contribution in [3.05, 3.63) is 48.0 Å². The molecule has 0 spiro atoms. The van der Waals surface area contributed by atoms with Crippen LogP contribution in [0.3, 0.4) is 0 Å². The Kier molecular flexibility index (Phi) is 5.85. The number of nitrogens with one attached hydrogen (secondary N) is 2. The van der Waals surface area contributed by atoms with Crippen molar-refractivity contribution in [2.75, 3.05) is 29.1 Å². The molecule has 0 fully saturated rings. The quantitative estimate of drug-likeness (QED) is 0.431. The van der Waals surface area contributed by atoms with Gasteiger partial charge in [0.2, 0.25) is 11.1 Å². The van der Waals surface area contributed by atoms with Gasteiger partial charge in [-0.15, -0.1) is 10.2 Å². The molecule has 0 atom stereocenters. The number of aromatic nitrogens is 4. The van der Waals surface area contributed by atoms with Crippen molar-refractivity contribution >= 4 is 51.1 Å². The highest BCUT2D eigenvalue weighted by atomic mass is 32.2. The van der Waals surface area contributed by atoms with Gasteiger partial charge >= 0.3 is 0 Å². The van der Waals surface area contributed by atoms with Crippen LogP contribution in [-0.4, -0.2) is 44.9 Å². The van der Waals surface area contributed by atoms with E-state index in [9.17, 15) is 4.79 Å². The Morgan fingerprint density at radius 3 is 2.70 bits per heavy atom. The van der Waals surface area contributed by atoms with E-state index >= 15 is 0 Å². The van der Waals surface area contributed by atoms with Gasteiger partial charge in [-0.2, -0.15) is 0 Å². The second-order valence-electron chi connectivity index (χ2n) is 6.97. The molecule has 30 heavy (non-hydrogen) atoms. The fourth-order valence-electron chi connectivity index (χ4n) is 3.46. The van der Waals surface area contributed by atoms with E-state index in [-0.39, 0.29) is 11.7 Å². The van der Waals surface area contributed by atoms with E-state index in [0.29, 0.717) is 10.8 Å². The molecule has 0 aliphatic carbocycles. The maximum atomic E-state index is 12.4. The largest absolute Gasteiger partial charge is 0.372 e. The normalized spacial score (nSPS) is 11.2. The van der Waals surface area contributed by atoms with Crippen molar-refractivity contribution in [2.45, 2.75) is 25.9 Å². The first-order chi connectivity index (χ1) is 14.6. The van der Waals surface area contributed by atoms with E-state index in [2.05, 4.69) is 50.3 Å². The van der Waals surface area contributed by atoms with E-state index < -0.39 is 0 Å². The van der Waals surface area contributed by atoms with E-state index in [1.54, 1.807) is 0 Å². The fourth-order valence-corrected chi connectivity index (χ4v) is 4.04. The highest BCUT2D eigenvalue weighted by molar-refractivity contribution is 7.99. The van der Waals surface area contributed by atoms with Crippen LogP contribution in [0.1, 0.15) is 19.4 Å². The number of rotatable bonds is 7. The molecule has 0 aliphatic heterocycles. The summed E-state index contributed by atoms with van der Waals surface area (Å²) in [7, 11) is 0. The molecular formula is C22H24N6OS. The average molecular weight is 421 g/mol. The number of carbonyl (C=O) groups excluding carboxylic acids is 1. The van der Waals surface area contributed by atoms with Crippen LogP contribution in [0.2, 0.25) is 0 Å². The van der Waals surface area contributed by atoms with Crippen LogP contribution in [-0.2, 0) is 4.79 Å². The number of benzene rings is 2. The van der Waals surface area contributed by atoms with Gasteiger partial charge in [-0.3, -0.25) is 4.79 Å². The van der Waals surface area contributed by atoms with E-state index in [4.69, 9.17) is 0 Å². The van der Waals surface area contributed by atoms with Crippen molar-refractivity contribution in [1.29, 1.82) is 0 Å². The fraction of sp³-hybridized carbons (Fsp3) is 0.273. The summed E-state index contributed by atoms with van der Waals surface area (Å²) in [5, 5.41) is 12.9. The Hall–Kier alpha value is -3.13. The van der Waals surface area contributed by atoms with E-state index in [1.165, 1.54) is 11.8 Å². The van der Waals surface area contributed by atoms with Crippen molar-refractivity contribution in [3.8, 4) is 0 Å². The summed E-state index contributed by atoms with van der Waals surface area (Å²) in [6, 6.07) is 14.0. The monoisotopic (exact) mass is 420 g/mol. The minimum absolute atomic E-state index is 0.0981. The smallest absolute Gasteiger partial charge is 0.234 e. The minimum Gasteiger partial charge on any atom is -0.372 e. The summed E-state index contributed by atoms with van der Waals surface area (Å²) in [6.45, 7) is 8.18. The van der Waals surface area contributed by atoms with Gasteiger partial charge in [0, 0.05) is 35.4 Å². The zero-order valence-corrected chi connectivity index (χ0v) is 18.1. The molecule has 4 aromatic rings. The van der Waals surface area contributed by atoms with Gasteiger partial charge in [0.15, 0.2) is 5.65 Å². The number of amides is 1. The summed E-state index contributed by atoms with van der Waals surface area (Å²) in [6.07, 6.45) is 0. The molecule has 4 rings (SSSR count). The lowest BCUT2D eigenvalue weighted by molar-refractivity contribution is -0.113. The number of hydrogen-bond acceptors (Lipinski definition) is 6. The summed E-state index contributed by atoms with van der Waals surface area (Å²) >= 11 is 1.27. The maximum Gasteiger partial charge on any atom is 0.234 e. The third kappa shape index (κ3) is 4.09. The number of aryl methyl sites for hydroxylation is 1. The predicted molar refractivity (Wildman–Crippen MR) is 123 cm³/mol. The van der Waals surface area contributed by atoms with Gasteiger partial charge in [0.05, 0.1) is 5.75 Å². The van der Waals surface area contributed by atoms with Gasteiger partial charge in [-0.05, 0) is 50.6 Å². The second kappa shape index (κ2) is 8.71. The van der Waals surface area contributed by atoms with Crippen LogP contribution in [0.5, 0.6) is 0 Å². The third-order valence-electron chi connectivity index (χ3n) is 5.05. The number of fused-ring (bicyclic) bond motifs is 3. The molecule has 0 unspecified atom stereocenters. The van der Waals surface area contributed by atoms with Crippen molar-refractivity contribution < 1.29 is 4.79 Å². The molecule has 1 amide bonds. The number of thioether (sulfide) groups is 1. The minimum atomic E-state index is -0.0981. The van der Waals surface area contributed by atoms with Gasteiger partial charge in [0.1, 0.15) is 5.52 Å². The van der Waals surface area contributed by atoms with Crippen LogP contribution in [0, 0.1) is 6.92 Å². The molecule has 0 radical (unpaired) electrons. The summed E-state index contributed by atoms with van der Waals surface area (Å²) in [5.41, 5.74) is 5.41. The van der Waals surface area contributed by atoms with Crippen LogP contribution in [0.4, 0.5) is 11.4 Å². The number of aromatic amines is 1. The van der Waals surface area contributed by atoms with Gasteiger partial charge in [-0.1, -0.05) is 30.0 Å². The first kappa shape index (κ1) is 20.2. The number of hydrogen-bond donors (Lipinski definition) is 2. The van der Waals surface area contributed by atoms with Crippen LogP contribution < -0.4 is 10.2 Å². The average Bonchev–Trinajstić information content (AvgIpc) is 3.13. The molecule has 154 valence electrons. The summed E-state index contributed by atoms with van der Waals surface area (Å²) < 4.78 is 0. The Labute approximate surface area is 179 Å². The number of nitrogens with zero attached hydrogens (tertiary/aromatic N) is 4. The lowest BCUT2D eigenvalue weighted by Crippen LogP contribution is -2.22. The van der Waals surface area contributed by atoms with Crippen LogP contribution >= 0.6 is 11.8 Å². The first-order valence-electron chi connectivity index (χ1n) is 9.98. The summed E-state index contributed by atoms with van der Waals surface area (Å²) in [5.74, 6) is 0.115. The number of H-pyrrole nitrogens is 1. The molecule has 2 heterocycles. The third-order valence-corrected chi connectivity index (χ3v) is 5.89. The van der Waals surface area contributed by atoms with Crippen molar-refractivity contribution in [2.24, 2.45) is 0 Å². The number of anilines is 2. The second-order valence-corrected chi connectivity index (χ2v) is 7.91. The van der Waals surface area contributed by atoms with Gasteiger partial charge < -0.3 is 15.2 Å². The zero-order chi connectivity index (χ0) is 21.1. The molecule has 8 heteroatoms. The SMILES string of the molecule is CCN(CC)c1ccc(NC(=O)CSc2nnc3c(n2)[nH]c2ccccc23)c(C)c1. The highest BCUT2D eigenvalue weighted by Gasteiger charge is 2.12. The first-order valence-corrected chi connectivity index (χ1v) is 11.0. The maximum absolute atomic E-state index is 12.4. The Morgan fingerprint density at radius 2 is 1.93 bits per heavy atom. The molecule has 2 aromatic carbocycles.